The first-order chi connectivity index (χ1) is 10.0. The Hall–Kier alpha value is -2.56. The van der Waals surface area contributed by atoms with E-state index in [4.69, 9.17) is 10.5 Å². The molecular weight excluding hydrogens is 266 g/mol. The van der Waals surface area contributed by atoms with Crippen LogP contribution in [0.15, 0.2) is 42.5 Å². The van der Waals surface area contributed by atoms with Gasteiger partial charge >= 0.3 is 0 Å². The second-order valence-corrected chi connectivity index (χ2v) is 4.88. The fourth-order valence-electron chi connectivity index (χ4n) is 1.84. The van der Waals surface area contributed by atoms with Crippen LogP contribution in [0.25, 0.3) is 0 Å². The van der Waals surface area contributed by atoms with Gasteiger partial charge in [-0.3, -0.25) is 9.78 Å². The van der Waals surface area contributed by atoms with E-state index in [0.29, 0.717) is 18.0 Å². The molecule has 1 aromatic heterocycles. The minimum absolute atomic E-state index is 0.00770. The molecule has 0 saturated heterocycles. The molecule has 1 aromatic carbocycles. The Morgan fingerprint density at radius 1 is 1.24 bits per heavy atom. The fraction of sp³-hybridized carbons (Fsp3) is 0.250. The lowest BCUT2D eigenvalue weighted by molar-refractivity contribution is -0.132. The molecule has 0 aliphatic heterocycles. The molecule has 0 spiro atoms. The lowest BCUT2D eigenvalue weighted by atomic mass is 10.3. The van der Waals surface area contributed by atoms with Crippen LogP contribution in [-0.4, -0.2) is 29.4 Å². The summed E-state index contributed by atoms with van der Waals surface area (Å²) in [6.07, 6.45) is 0. The van der Waals surface area contributed by atoms with Crippen molar-refractivity contribution in [1.82, 2.24) is 9.88 Å². The largest absolute Gasteiger partial charge is 0.484 e. The van der Waals surface area contributed by atoms with E-state index in [-0.39, 0.29) is 12.5 Å². The van der Waals surface area contributed by atoms with Crippen molar-refractivity contribution in [3.8, 4) is 5.75 Å². The molecule has 0 aliphatic rings. The summed E-state index contributed by atoms with van der Waals surface area (Å²) in [4.78, 5) is 18.0. The first kappa shape index (κ1) is 14.8. The van der Waals surface area contributed by atoms with Crippen molar-refractivity contribution in [1.29, 1.82) is 0 Å². The van der Waals surface area contributed by atoms with Gasteiger partial charge in [0, 0.05) is 18.4 Å². The molecule has 0 unspecified atom stereocenters. The highest BCUT2D eigenvalue weighted by atomic mass is 16.5. The number of benzene rings is 1. The Morgan fingerprint density at radius 3 is 2.62 bits per heavy atom. The van der Waals surface area contributed by atoms with E-state index in [0.717, 1.165) is 11.4 Å². The van der Waals surface area contributed by atoms with E-state index < -0.39 is 0 Å². The molecule has 5 nitrogen and oxygen atoms in total. The molecule has 0 bridgehead atoms. The predicted octanol–water partition coefficient (Wildman–Crippen LogP) is 2.01. The molecule has 2 aromatic rings. The van der Waals surface area contributed by atoms with Crippen molar-refractivity contribution < 1.29 is 9.53 Å². The third-order valence-corrected chi connectivity index (χ3v) is 3.01. The van der Waals surface area contributed by atoms with E-state index in [1.807, 2.05) is 25.1 Å². The average molecular weight is 285 g/mol. The maximum atomic E-state index is 12.0. The number of rotatable bonds is 5. The average Bonchev–Trinajstić information content (AvgIpc) is 2.46. The summed E-state index contributed by atoms with van der Waals surface area (Å²) in [7, 11) is 1.73. The van der Waals surface area contributed by atoms with Gasteiger partial charge in [0.05, 0.1) is 12.2 Å². The lowest BCUT2D eigenvalue weighted by Crippen LogP contribution is -2.31. The van der Waals surface area contributed by atoms with Crippen LogP contribution in [0.3, 0.4) is 0 Å². The van der Waals surface area contributed by atoms with Gasteiger partial charge < -0.3 is 15.4 Å². The summed E-state index contributed by atoms with van der Waals surface area (Å²) in [5, 5.41) is 0. The number of ether oxygens (including phenoxy) is 1. The van der Waals surface area contributed by atoms with Crippen molar-refractivity contribution in [2.45, 2.75) is 13.5 Å². The highest BCUT2D eigenvalue weighted by molar-refractivity contribution is 5.77. The molecule has 110 valence electrons. The number of nitrogen functional groups attached to an aromatic ring is 1. The Balaban J connectivity index is 1.86. The number of carbonyl (C=O) groups is 1. The van der Waals surface area contributed by atoms with Crippen LogP contribution in [-0.2, 0) is 11.3 Å². The number of pyridine rings is 1. The number of carbonyl (C=O) groups excluding carboxylic acids is 1. The van der Waals surface area contributed by atoms with Crippen LogP contribution in [0.2, 0.25) is 0 Å². The van der Waals surface area contributed by atoms with E-state index >= 15 is 0 Å². The molecule has 0 fully saturated rings. The van der Waals surface area contributed by atoms with Crippen LogP contribution in [0.5, 0.6) is 5.75 Å². The highest BCUT2D eigenvalue weighted by Gasteiger charge is 2.11. The number of hydrogen-bond acceptors (Lipinski definition) is 4. The van der Waals surface area contributed by atoms with Gasteiger partial charge in [0.1, 0.15) is 5.75 Å². The number of anilines is 1. The summed E-state index contributed by atoms with van der Waals surface area (Å²) < 4.78 is 5.44. The quantitative estimate of drug-likeness (QED) is 0.853. The molecule has 2 N–H and O–H groups in total. The molecule has 1 heterocycles. The predicted molar refractivity (Wildman–Crippen MR) is 81.8 cm³/mol. The van der Waals surface area contributed by atoms with Crippen molar-refractivity contribution in [3.05, 3.63) is 53.9 Å². The third kappa shape index (κ3) is 4.49. The summed E-state index contributed by atoms with van der Waals surface area (Å²) in [5.74, 6) is 0.523. The molecule has 2 rings (SSSR count). The second kappa shape index (κ2) is 6.74. The highest BCUT2D eigenvalue weighted by Crippen LogP contribution is 2.13. The molecule has 0 radical (unpaired) electrons. The molecular formula is C16H19N3O2. The first-order valence-corrected chi connectivity index (χ1v) is 6.69. The molecule has 0 aliphatic carbocycles. The third-order valence-electron chi connectivity index (χ3n) is 3.01. The van der Waals surface area contributed by atoms with Crippen molar-refractivity contribution in [3.63, 3.8) is 0 Å². The van der Waals surface area contributed by atoms with Gasteiger partial charge in [-0.05, 0) is 43.3 Å². The number of hydrogen-bond donors (Lipinski definition) is 1. The van der Waals surface area contributed by atoms with Gasteiger partial charge in [-0.2, -0.15) is 0 Å². The SMILES string of the molecule is Cc1cccc(CN(C)C(=O)COc2ccc(N)cc2)n1. The minimum Gasteiger partial charge on any atom is -0.484 e. The smallest absolute Gasteiger partial charge is 0.260 e. The Kier molecular flexibility index (Phi) is 4.77. The number of likely N-dealkylation sites (N-methyl/N-ethyl adjacent to an activating group) is 1. The van der Waals surface area contributed by atoms with Gasteiger partial charge in [-0.25, -0.2) is 0 Å². The van der Waals surface area contributed by atoms with Crippen LogP contribution < -0.4 is 10.5 Å². The van der Waals surface area contributed by atoms with Crippen molar-refractivity contribution >= 4 is 11.6 Å². The van der Waals surface area contributed by atoms with Crippen molar-refractivity contribution in [2.75, 3.05) is 19.4 Å². The first-order valence-electron chi connectivity index (χ1n) is 6.69. The molecule has 21 heavy (non-hydrogen) atoms. The number of aryl methyl sites for hydroxylation is 1. The number of nitrogens with zero attached hydrogens (tertiary/aromatic N) is 2. The van der Waals surface area contributed by atoms with Crippen LogP contribution in [0.4, 0.5) is 5.69 Å². The Labute approximate surface area is 124 Å². The second-order valence-electron chi connectivity index (χ2n) is 4.88. The minimum atomic E-state index is -0.102. The normalized spacial score (nSPS) is 10.2. The zero-order valence-corrected chi connectivity index (χ0v) is 12.2. The maximum absolute atomic E-state index is 12.0. The topological polar surface area (TPSA) is 68.5 Å². The van der Waals surface area contributed by atoms with Gasteiger partial charge in [0.15, 0.2) is 6.61 Å². The molecule has 0 saturated carbocycles. The van der Waals surface area contributed by atoms with E-state index in [1.54, 1.807) is 36.2 Å². The lowest BCUT2D eigenvalue weighted by Gasteiger charge is -2.17. The summed E-state index contributed by atoms with van der Waals surface area (Å²) in [6, 6.07) is 12.7. The van der Waals surface area contributed by atoms with E-state index in [2.05, 4.69) is 4.98 Å². The fourth-order valence-corrected chi connectivity index (χ4v) is 1.84. The van der Waals surface area contributed by atoms with Gasteiger partial charge in [-0.1, -0.05) is 6.07 Å². The van der Waals surface area contributed by atoms with E-state index in [9.17, 15) is 4.79 Å². The number of aromatic nitrogens is 1. The summed E-state index contributed by atoms with van der Waals surface area (Å²) in [5.41, 5.74) is 8.05. The maximum Gasteiger partial charge on any atom is 0.260 e. The van der Waals surface area contributed by atoms with E-state index in [1.165, 1.54) is 0 Å². The number of amides is 1. The number of nitrogens with two attached hydrogens (primary N) is 1. The van der Waals surface area contributed by atoms with Crippen LogP contribution >= 0.6 is 0 Å². The Morgan fingerprint density at radius 2 is 1.95 bits per heavy atom. The van der Waals surface area contributed by atoms with Gasteiger partial charge in [0.25, 0.3) is 5.91 Å². The van der Waals surface area contributed by atoms with Crippen LogP contribution in [0, 0.1) is 6.92 Å². The molecule has 5 heteroatoms. The summed E-state index contributed by atoms with van der Waals surface area (Å²) in [6.45, 7) is 2.38. The summed E-state index contributed by atoms with van der Waals surface area (Å²) >= 11 is 0. The van der Waals surface area contributed by atoms with Crippen LogP contribution in [0.1, 0.15) is 11.4 Å². The van der Waals surface area contributed by atoms with Gasteiger partial charge in [0.2, 0.25) is 0 Å². The zero-order valence-electron chi connectivity index (χ0n) is 12.2. The van der Waals surface area contributed by atoms with Crippen molar-refractivity contribution in [2.24, 2.45) is 0 Å². The monoisotopic (exact) mass is 285 g/mol. The van der Waals surface area contributed by atoms with Gasteiger partial charge in [-0.15, -0.1) is 0 Å². The zero-order chi connectivity index (χ0) is 15.2. The standard InChI is InChI=1S/C16H19N3O2/c1-12-4-3-5-14(18-12)10-19(2)16(20)11-21-15-8-6-13(17)7-9-15/h3-9H,10-11,17H2,1-2H3. The molecule has 1 amide bonds. The molecule has 0 atom stereocenters. The Bertz CT molecular complexity index is 611.